The van der Waals surface area contributed by atoms with E-state index in [1.165, 1.54) is 35.3 Å². The van der Waals surface area contributed by atoms with Crippen molar-refractivity contribution in [2.75, 3.05) is 10.6 Å². The van der Waals surface area contributed by atoms with Crippen molar-refractivity contribution < 1.29 is 23.0 Å². The summed E-state index contributed by atoms with van der Waals surface area (Å²) in [6.07, 6.45) is -3.77. The van der Waals surface area contributed by atoms with Crippen LogP contribution in [0.1, 0.15) is 12.5 Å². The summed E-state index contributed by atoms with van der Waals surface area (Å²) in [6.45, 7) is 2.03. The number of aliphatic imine (C=N–C) groups is 1. The Morgan fingerprint density at radius 1 is 1.08 bits per heavy atom. The van der Waals surface area contributed by atoms with Crippen LogP contribution in [0.15, 0.2) is 84.1 Å². The number of aliphatic hydroxyl groups excluding tert-OH is 1. The second-order valence-corrected chi connectivity index (χ2v) is 7.80. The van der Waals surface area contributed by atoms with Gasteiger partial charge in [-0.1, -0.05) is 25.1 Å². The van der Waals surface area contributed by atoms with Crippen LogP contribution in [-0.2, 0) is 6.42 Å². The van der Waals surface area contributed by atoms with Crippen LogP contribution in [0, 0.1) is 0 Å². The van der Waals surface area contributed by atoms with Gasteiger partial charge >= 0.3 is 6.36 Å². The standard InChI is InChI=1S/C25H24F3N7O2/c1-2-16-5-3-4-6-21(16)32-23(29)33-24(36)31-18-9-7-17(8-10-18)22-30-15-35(34-22)19-11-13-20(14-12-19)37-25(26,27)28/h3-15,24,31,36H,2H2,1H3,(H3,29,32,33). The molecular weight excluding hydrogens is 487 g/mol. The number of halogens is 3. The monoisotopic (exact) mass is 511 g/mol. The topological polar surface area (TPSA) is 123 Å². The van der Waals surface area contributed by atoms with Gasteiger partial charge in [0, 0.05) is 16.9 Å². The minimum absolute atomic E-state index is 0.0604. The van der Waals surface area contributed by atoms with E-state index in [9.17, 15) is 18.3 Å². The number of rotatable bonds is 8. The normalized spacial score (nSPS) is 12.7. The van der Waals surface area contributed by atoms with E-state index in [0.717, 1.165) is 17.7 Å². The van der Waals surface area contributed by atoms with E-state index in [4.69, 9.17) is 5.73 Å². The molecule has 9 nitrogen and oxygen atoms in total. The third-order valence-electron chi connectivity index (χ3n) is 5.19. The summed E-state index contributed by atoms with van der Waals surface area (Å²) in [6, 6.07) is 19.9. The van der Waals surface area contributed by atoms with Crippen molar-refractivity contribution in [3.8, 4) is 22.8 Å². The molecule has 0 amide bonds. The average Bonchev–Trinajstić information content (AvgIpc) is 3.34. The molecule has 0 aliphatic carbocycles. The quantitative estimate of drug-likeness (QED) is 0.156. The molecule has 4 aromatic rings. The van der Waals surface area contributed by atoms with Crippen LogP contribution < -0.4 is 21.1 Å². The zero-order valence-corrected chi connectivity index (χ0v) is 19.6. The summed E-state index contributed by atoms with van der Waals surface area (Å²) in [5, 5.41) is 20.4. The highest BCUT2D eigenvalue weighted by Crippen LogP contribution is 2.24. The summed E-state index contributed by atoms with van der Waals surface area (Å²) < 4.78 is 42.3. The van der Waals surface area contributed by atoms with E-state index >= 15 is 0 Å². The Morgan fingerprint density at radius 2 is 1.78 bits per heavy atom. The second-order valence-electron chi connectivity index (χ2n) is 7.80. The minimum Gasteiger partial charge on any atom is -0.406 e. The van der Waals surface area contributed by atoms with Gasteiger partial charge in [-0.25, -0.2) is 14.7 Å². The third-order valence-corrected chi connectivity index (χ3v) is 5.19. The van der Waals surface area contributed by atoms with Gasteiger partial charge in [-0.05, 0) is 66.6 Å². The average molecular weight is 512 g/mol. The Kier molecular flexibility index (Phi) is 7.58. The van der Waals surface area contributed by atoms with Crippen molar-refractivity contribution >= 4 is 17.3 Å². The molecule has 0 fully saturated rings. The molecule has 3 aromatic carbocycles. The first-order valence-electron chi connectivity index (χ1n) is 11.2. The molecule has 37 heavy (non-hydrogen) atoms. The van der Waals surface area contributed by atoms with Crippen LogP contribution in [-0.4, -0.2) is 38.5 Å². The van der Waals surface area contributed by atoms with E-state index in [-0.39, 0.29) is 11.7 Å². The van der Waals surface area contributed by atoms with Crippen LogP contribution in [0.5, 0.6) is 5.75 Å². The molecule has 1 atom stereocenters. The lowest BCUT2D eigenvalue weighted by molar-refractivity contribution is -0.274. The number of para-hydroxylation sites is 1. The number of aliphatic hydroxyl groups is 1. The highest BCUT2D eigenvalue weighted by Gasteiger charge is 2.31. The highest BCUT2D eigenvalue weighted by molar-refractivity contribution is 5.93. The van der Waals surface area contributed by atoms with Crippen molar-refractivity contribution in [1.29, 1.82) is 0 Å². The van der Waals surface area contributed by atoms with Crippen LogP contribution in [0.3, 0.4) is 0 Å². The number of guanidine groups is 1. The maximum Gasteiger partial charge on any atom is 0.573 e. The molecule has 0 bridgehead atoms. The van der Waals surface area contributed by atoms with Gasteiger partial charge in [-0.15, -0.1) is 18.3 Å². The predicted octanol–water partition coefficient (Wildman–Crippen LogP) is 4.51. The summed E-state index contributed by atoms with van der Waals surface area (Å²) in [7, 11) is 0. The van der Waals surface area contributed by atoms with Gasteiger partial charge < -0.3 is 26.2 Å². The molecule has 0 aliphatic heterocycles. The molecule has 1 heterocycles. The lowest BCUT2D eigenvalue weighted by Gasteiger charge is -2.13. The lowest BCUT2D eigenvalue weighted by Crippen LogP contribution is -2.28. The van der Waals surface area contributed by atoms with Gasteiger partial charge in [0.15, 0.2) is 11.8 Å². The van der Waals surface area contributed by atoms with Gasteiger partial charge in [0.25, 0.3) is 0 Å². The molecule has 0 radical (unpaired) electrons. The SMILES string of the molecule is CCc1ccccc1N/C(N)=N/C(O)Nc1ccc(-c2ncn(-c3ccc(OC(F)(F)F)cc3)n2)cc1. The Bertz CT molecular complexity index is 1350. The van der Waals surface area contributed by atoms with Gasteiger partial charge in [0.2, 0.25) is 6.35 Å². The first-order valence-corrected chi connectivity index (χ1v) is 11.2. The summed E-state index contributed by atoms with van der Waals surface area (Å²) in [5.74, 6) is 0.142. The summed E-state index contributed by atoms with van der Waals surface area (Å²) >= 11 is 0. The molecule has 0 aliphatic rings. The van der Waals surface area contributed by atoms with Crippen molar-refractivity contribution in [1.82, 2.24) is 14.8 Å². The zero-order chi connectivity index (χ0) is 26.4. The van der Waals surface area contributed by atoms with Gasteiger partial charge in [0.05, 0.1) is 5.69 Å². The second kappa shape index (κ2) is 11.0. The molecule has 1 unspecified atom stereocenters. The van der Waals surface area contributed by atoms with E-state index < -0.39 is 12.7 Å². The third kappa shape index (κ3) is 6.98. The number of nitrogens with one attached hydrogen (secondary N) is 2. The van der Waals surface area contributed by atoms with Gasteiger partial charge in [0.1, 0.15) is 12.1 Å². The van der Waals surface area contributed by atoms with Crippen molar-refractivity contribution in [2.24, 2.45) is 10.7 Å². The number of ether oxygens (including phenoxy) is 1. The van der Waals surface area contributed by atoms with E-state index in [1.54, 1.807) is 24.3 Å². The maximum absolute atomic E-state index is 12.3. The molecule has 0 saturated heterocycles. The molecule has 0 saturated carbocycles. The number of anilines is 2. The Labute approximate surface area is 210 Å². The van der Waals surface area contributed by atoms with Crippen molar-refractivity contribution in [2.45, 2.75) is 26.1 Å². The number of nitrogens with zero attached hydrogens (tertiary/aromatic N) is 4. The van der Waals surface area contributed by atoms with Crippen LogP contribution in [0.25, 0.3) is 17.1 Å². The fourth-order valence-corrected chi connectivity index (χ4v) is 3.47. The Morgan fingerprint density at radius 3 is 2.46 bits per heavy atom. The predicted molar refractivity (Wildman–Crippen MR) is 134 cm³/mol. The highest BCUT2D eigenvalue weighted by atomic mass is 19.4. The Balaban J connectivity index is 1.37. The first-order chi connectivity index (χ1) is 17.7. The number of hydrogen-bond donors (Lipinski definition) is 4. The molecule has 12 heteroatoms. The summed E-state index contributed by atoms with van der Waals surface area (Å²) in [5.41, 5.74) is 9.61. The number of aryl methyl sites for hydroxylation is 1. The molecule has 1 aromatic heterocycles. The number of nitrogens with two attached hydrogens (primary N) is 1. The van der Waals surface area contributed by atoms with Crippen LogP contribution >= 0.6 is 0 Å². The Hall–Kier alpha value is -4.58. The molecule has 5 N–H and O–H groups in total. The smallest absolute Gasteiger partial charge is 0.406 e. The van der Waals surface area contributed by atoms with Crippen LogP contribution in [0.2, 0.25) is 0 Å². The minimum atomic E-state index is -4.75. The first kappa shape index (κ1) is 25.5. The zero-order valence-electron chi connectivity index (χ0n) is 19.6. The van der Waals surface area contributed by atoms with Crippen molar-refractivity contribution in [3.05, 3.63) is 84.7 Å². The van der Waals surface area contributed by atoms with Gasteiger partial charge in [-0.3, -0.25) is 0 Å². The van der Waals surface area contributed by atoms with E-state index in [2.05, 4.69) is 30.4 Å². The number of benzene rings is 3. The molecular formula is C25H24F3N7O2. The largest absolute Gasteiger partial charge is 0.573 e. The maximum atomic E-state index is 12.3. The summed E-state index contributed by atoms with van der Waals surface area (Å²) in [4.78, 5) is 8.27. The van der Waals surface area contributed by atoms with Gasteiger partial charge in [-0.2, -0.15) is 0 Å². The molecule has 4 rings (SSSR count). The van der Waals surface area contributed by atoms with E-state index in [1.807, 2.05) is 31.2 Å². The van der Waals surface area contributed by atoms with Crippen LogP contribution in [0.4, 0.5) is 24.5 Å². The van der Waals surface area contributed by atoms with E-state index in [0.29, 0.717) is 22.8 Å². The fourth-order valence-electron chi connectivity index (χ4n) is 3.47. The lowest BCUT2D eigenvalue weighted by atomic mass is 10.1. The number of aromatic nitrogens is 3. The fraction of sp³-hybridized carbons (Fsp3) is 0.160. The number of alkyl halides is 3. The molecule has 192 valence electrons. The van der Waals surface area contributed by atoms with Crippen molar-refractivity contribution in [3.63, 3.8) is 0 Å². The molecule has 0 spiro atoms. The number of hydrogen-bond acceptors (Lipinski definition) is 6.